The van der Waals surface area contributed by atoms with Crippen molar-refractivity contribution in [2.45, 2.75) is 109 Å². The van der Waals surface area contributed by atoms with E-state index in [4.69, 9.17) is 9.47 Å². The zero-order valence-electron chi connectivity index (χ0n) is 26.5. The predicted molar refractivity (Wildman–Crippen MR) is 161 cm³/mol. The molecule has 3 saturated heterocycles. The number of amides is 2. The molecule has 11 atom stereocenters. The van der Waals surface area contributed by atoms with Crippen LogP contribution in [0.3, 0.4) is 0 Å². The summed E-state index contributed by atoms with van der Waals surface area (Å²) in [6.07, 6.45) is 0.914. The number of carbonyl (C=O) groups is 2. The first-order chi connectivity index (χ1) is 19.8. The molecule has 4 rings (SSSR count). The number of nitrogens with one attached hydrogen (secondary N) is 1. The lowest BCUT2D eigenvalue weighted by molar-refractivity contribution is -0.328. The van der Waals surface area contributed by atoms with Gasteiger partial charge in [0, 0.05) is 43.9 Å². The van der Waals surface area contributed by atoms with Crippen molar-refractivity contribution in [3.63, 3.8) is 0 Å². The molecule has 0 radical (unpaired) electrons. The molecule has 42 heavy (non-hydrogen) atoms. The van der Waals surface area contributed by atoms with Crippen molar-refractivity contribution in [1.29, 1.82) is 0 Å². The van der Waals surface area contributed by atoms with E-state index in [1.54, 1.807) is 18.9 Å². The van der Waals surface area contributed by atoms with E-state index >= 15 is 0 Å². The van der Waals surface area contributed by atoms with Gasteiger partial charge >= 0.3 is 0 Å². The molecule has 3 heterocycles. The predicted octanol–water partition coefficient (Wildman–Crippen LogP) is 2.83. The van der Waals surface area contributed by atoms with Gasteiger partial charge in [-0.2, -0.15) is 0 Å². The van der Waals surface area contributed by atoms with Crippen molar-refractivity contribution in [3.8, 4) is 0 Å². The molecule has 236 valence electrons. The van der Waals surface area contributed by atoms with E-state index in [2.05, 4.69) is 17.1 Å². The maximum absolute atomic E-state index is 13.5. The van der Waals surface area contributed by atoms with Crippen LogP contribution in [0.4, 0.5) is 0 Å². The third-order valence-electron chi connectivity index (χ3n) is 9.89. The molecule has 1 aromatic rings. The smallest absolute Gasteiger partial charge is 0.225 e. The molecule has 3 N–H and O–H groups in total. The fourth-order valence-corrected chi connectivity index (χ4v) is 7.59. The van der Waals surface area contributed by atoms with E-state index in [1.807, 2.05) is 58.3 Å². The van der Waals surface area contributed by atoms with E-state index in [0.717, 1.165) is 18.4 Å². The number of aliphatic hydroxyl groups is 2. The number of ether oxygens (including phenoxy) is 2. The van der Waals surface area contributed by atoms with Crippen molar-refractivity contribution in [3.05, 3.63) is 35.9 Å². The second-order valence-corrected chi connectivity index (χ2v) is 13.8. The van der Waals surface area contributed by atoms with E-state index in [-0.39, 0.29) is 48.3 Å². The van der Waals surface area contributed by atoms with Gasteiger partial charge in [-0.3, -0.25) is 9.59 Å². The Morgan fingerprint density at radius 1 is 1.07 bits per heavy atom. The first kappa shape index (κ1) is 32.9. The van der Waals surface area contributed by atoms with Crippen molar-refractivity contribution in [2.24, 2.45) is 23.7 Å². The lowest BCUT2D eigenvalue weighted by Gasteiger charge is -2.55. The maximum Gasteiger partial charge on any atom is 0.225 e. The molecule has 3 aliphatic rings. The van der Waals surface area contributed by atoms with Crippen molar-refractivity contribution >= 4 is 11.8 Å². The van der Waals surface area contributed by atoms with Crippen LogP contribution in [-0.2, 0) is 25.5 Å². The van der Waals surface area contributed by atoms with Crippen LogP contribution in [0.25, 0.3) is 0 Å². The molecule has 0 bridgehead atoms. The highest BCUT2D eigenvalue weighted by Crippen LogP contribution is 2.46. The number of nitrogens with zero attached hydrogens (tertiary/aromatic N) is 2. The van der Waals surface area contributed by atoms with Crippen LogP contribution in [-0.4, -0.2) is 102 Å². The Morgan fingerprint density at radius 3 is 2.43 bits per heavy atom. The summed E-state index contributed by atoms with van der Waals surface area (Å²) in [7, 11) is 5.89. The Morgan fingerprint density at radius 2 is 1.76 bits per heavy atom. The highest BCUT2D eigenvalue weighted by molar-refractivity contribution is 5.81. The highest BCUT2D eigenvalue weighted by Gasteiger charge is 2.56. The van der Waals surface area contributed by atoms with Crippen LogP contribution in [0, 0.1) is 23.7 Å². The van der Waals surface area contributed by atoms with Crippen LogP contribution in [0.5, 0.6) is 0 Å². The standard InChI is InChI=1S/C33H53N3O6/c1-20-17-33(40)18-26-27(35(5)6)15-21(2)41-32(26)42-30(33)22(3)29(38)23(4)31(39)34-25(16-28(37)36(7)19-20)14-13-24-11-9-8-10-12-24/h8-12,20-23,25-27,29-30,32,38,40H,13-19H2,1-7H3,(H,34,39)/t20-,21-,22+,23-,25?,26-,27+,29+,30-,32+,33+/m1/s1. The fourth-order valence-electron chi connectivity index (χ4n) is 7.59. The summed E-state index contributed by atoms with van der Waals surface area (Å²) in [5.74, 6) is -1.72. The number of fused-ring (bicyclic) bond motifs is 2. The van der Waals surface area contributed by atoms with Crippen molar-refractivity contribution in [2.75, 3.05) is 27.7 Å². The third-order valence-corrected chi connectivity index (χ3v) is 9.89. The minimum atomic E-state index is -1.26. The second kappa shape index (κ2) is 13.7. The number of aryl methyl sites for hydroxylation is 1. The van der Waals surface area contributed by atoms with Gasteiger partial charge in [-0.05, 0) is 64.6 Å². The second-order valence-electron chi connectivity index (χ2n) is 13.8. The molecule has 3 fully saturated rings. The largest absolute Gasteiger partial charge is 0.392 e. The molecule has 9 nitrogen and oxygen atoms in total. The Balaban J connectivity index is 1.61. The molecule has 2 amide bonds. The quantitative estimate of drug-likeness (QED) is 0.497. The summed E-state index contributed by atoms with van der Waals surface area (Å²) in [6, 6.07) is 9.84. The summed E-state index contributed by atoms with van der Waals surface area (Å²) in [6.45, 7) is 8.13. The molecule has 3 aliphatic heterocycles. The van der Waals surface area contributed by atoms with Crippen molar-refractivity contribution < 1.29 is 29.3 Å². The van der Waals surface area contributed by atoms with Crippen LogP contribution >= 0.6 is 0 Å². The number of hydrogen-bond acceptors (Lipinski definition) is 7. The maximum atomic E-state index is 13.5. The van der Waals surface area contributed by atoms with Crippen LogP contribution < -0.4 is 5.32 Å². The van der Waals surface area contributed by atoms with E-state index in [0.29, 0.717) is 25.8 Å². The Kier molecular flexibility index (Phi) is 10.7. The number of aliphatic hydroxyl groups excluding tert-OH is 1. The molecular formula is C33H53N3O6. The van der Waals surface area contributed by atoms with Gasteiger partial charge in [0.2, 0.25) is 11.8 Å². The van der Waals surface area contributed by atoms with Crippen LogP contribution in [0.15, 0.2) is 30.3 Å². The van der Waals surface area contributed by atoms with Gasteiger partial charge in [-0.1, -0.05) is 51.1 Å². The summed E-state index contributed by atoms with van der Waals surface area (Å²) < 4.78 is 12.9. The summed E-state index contributed by atoms with van der Waals surface area (Å²) in [5, 5.41) is 27.0. The number of carbonyl (C=O) groups excluding carboxylic acids is 2. The van der Waals surface area contributed by atoms with E-state index < -0.39 is 35.9 Å². The first-order valence-corrected chi connectivity index (χ1v) is 15.7. The monoisotopic (exact) mass is 587 g/mol. The average molecular weight is 588 g/mol. The zero-order valence-corrected chi connectivity index (χ0v) is 26.5. The summed E-state index contributed by atoms with van der Waals surface area (Å²) in [4.78, 5) is 30.8. The number of rotatable bonds is 4. The van der Waals surface area contributed by atoms with Crippen molar-refractivity contribution in [1.82, 2.24) is 15.1 Å². The van der Waals surface area contributed by atoms with Gasteiger partial charge in [0.05, 0.1) is 29.8 Å². The fraction of sp³-hybridized carbons (Fsp3) is 0.758. The summed E-state index contributed by atoms with van der Waals surface area (Å²) in [5.41, 5.74) is -0.119. The molecule has 0 spiro atoms. The minimum absolute atomic E-state index is 0.000290. The lowest BCUT2D eigenvalue weighted by Crippen LogP contribution is -2.64. The van der Waals surface area contributed by atoms with E-state index in [9.17, 15) is 19.8 Å². The number of hydrogen-bond donors (Lipinski definition) is 3. The molecule has 9 heteroatoms. The SMILES string of the molecule is C[C@H]1CN(C)C(=O)CC(CCc2ccccc2)NC(=O)[C@H](C)[C@@H](O)[C@H](C)[C@H]2O[C@@H]3O[C@H](C)C[C@H](N(C)C)[C@H]3C[C@@]2(O)C1. The Bertz CT molecular complexity index is 1060. The highest BCUT2D eigenvalue weighted by atomic mass is 16.7. The van der Waals surface area contributed by atoms with Gasteiger partial charge in [-0.25, -0.2) is 0 Å². The molecule has 1 unspecified atom stereocenters. The van der Waals surface area contributed by atoms with Gasteiger partial charge in [0.1, 0.15) is 0 Å². The topological polar surface area (TPSA) is 112 Å². The van der Waals surface area contributed by atoms with Crippen LogP contribution in [0.1, 0.15) is 65.4 Å². The van der Waals surface area contributed by atoms with Gasteiger partial charge in [0.15, 0.2) is 6.29 Å². The summed E-state index contributed by atoms with van der Waals surface area (Å²) >= 11 is 0. The third kappa shape index (κ3) is 7.53. The van der Waals surface area contributed by atoms with Gasteiger partial charge < -0.3 is 34.8 Å². The molecular weight excluding hydrogens is 534 g/mol. The molecule has 0 aromatic heterocycles. The molecule has 0 aliphatic carbocycles. The van der Waals surface area contributed by atoms with Gasteiger partial charge in [0.25, 0.3) is 0 Å². The van der Waals surface area contributed by atoms with Gasteiger partial charge in [-0.15, -0.1) is 0 Å². The zero-order chi connectivity index (χ0) is 30.8. The first-order valence-electron chi connectivity index (χ1n) is 15.7. The molecule has 0 saturated carbocycles. The van der Waals surface area contributed by atoms with Crippen LogP contribution in [0.2, 0.25) is 0 Å². The Hall–Kier alpha value is -2.04. The molecule has 1 aromatic carbocycles. The Labute approximate surface area is 251 Å². The lowest BCUT2D eigenvalue weighted by atomic mass is 9.69. The average Bonchev–Trinajstić information content (AvgIpc) is 2.93. The van der Waals surface area contributed by atoms with E-state index in [1.165, 1.54) is 0 Å². The number of benzene rings is 1. The normalized spacial score (nSPS) is 40.6. The minimum Gasteiger partial charge on any atom is -0.392 e.